The van der Waals surface area contributed by atoms with Crippen LogP contribution in [-0.2, 0) is 11.3 Å². The van der Waals surface area contributed by atoms with Crippen LogP contribution in [0.4, 0.5) is 56.9 Å². The second-order valence-corrected chi connectivity index (χ2v) is 29.9. The molecule has 0 aromatic heterocycles. The average Bonchev–Trinajstić information content (AvgIpc) is 0.697. The molecule has 10 aromatic rings. The number of aliphatic hydroxyl groups is 2. The highest BCUT2D eigenvalue weighted by molar-refractivity contribution is 6.09. The number of Topliss-reactive ketones (excluding diaryl/α,β-unsaturated/α-hetero) is 1. The van der Waals surface area contributed by atoms with Crippen molar-refractivity contribution in [1.29, 1.82) is 0 Å². The first-order valence-corrected chi connectivity index (χ1v) is 38.6. The number of aryl methyl sites for hydroxylation is 4. The van der Waals surface area contributed by atoms with Crippen molar-refractivity contribution >= 4 is 74.4 Å². The molecular weight excluding hydrogens is 1400 g/mol. The van der Waals surface area contributed by atoms with Crippen molar-refractivity contribution in [3.63, 3.8) is 0 Å². The molecule has 0 aliphatic heterocycles. The lowest BCUT2D eigenvalue weighted by atomic mass is 10.0. The molecule has 0 saturated carbocycles. The summed E-state index contributed by atoms with van der Waals surface area (Å²) >= 11 is 0. The number of anilines is 10. The average molecular weight is 1540 g/mol. The van der Waals surface area contributed by atoms with Crippen molar-refractivity contribution in [2.75, 3.05) is 196 Å². The van der Waals surface area contributed by atoms with Gasteiger partial charge in [-0.05, 0) is 246 Å². The van der Waals surface area contributed by atoms with Gasteiger partial charge in [0, 0.05) is 214 Å². The Morgan fingerprint density at radius 2 is 0.681 bits per heavy atom. The normalized spacial score (nSPS) is 10.1. The van der Waals surface area contributed by atoms with E-state index >= 15 is 0 Å². The van der Waals surface area contributed by atoms with Gasteiger partial charge in [-0.25, -0.2) is 4.79 Å². The molecule has 0 aliphatic carbocycles. The van der Waals surface area contributed by atoms with Crippen LogP contribution in [0.3, 0.4) is 0 Å². The van der Waals surface area contributed by atoms with Crippen molar-refractivity contribution in [3.05, 3.63) is 298 Å². The van der Waals surface area contributed by atoms with Gasteiger partial charge in [-0.15, -0.1) is 0 Å². The maximum atomic E-state index is 12.4. The van der Waals surface area contributed by atoms with Gasteiger partial charge in [0.25, 0.3) is 0 Å². The fourth-order valence-electron chi connectivity index (χ4n) is 11.5. The number of rotatable bonds is 22. The van der Waals surface area contributed by atoms with Gasteiger partial charge in [0.1, 0.15) is 6.10 Å². The molecule has 0 bridgehead atoms. The van der Waals surface area contributed by atoms with Gasteiger partial charge in [0.05, 0.1) is 18.8 Å². The summed E-state index contributed by atoms with van der Waals surface area (Å²) in [4.78, 5) is 55.7. The van der Waals surface area contributed by atoms with E-state index in [4.69, 9.17) is 9.84 Å². The van der Waals surface area contributed by atoms with Crippen LogP contribution in [0.5, 0.6) is 0 Å². The number of ketones is 2. The zero-order valence-electron chi connectivity index (χ0n) is 73.2. The van der Waals surface area contributed by atoms with Gasteiger partial charge in [0.2, 0.25) is 0 Å². The second-order valence-electron chi connectivity index (χ2n) is 29.9. The maximum Gasteiger partial charge on any atom is 0.338 e. The molecule has 0 saturated heterocycles. The van der Waals surface area contributed by atoms with Crippen molar-refractivity contribution in [3.8, 4) is 0 Å². The quantitative estimate of drug-likeness (QED) is 0.0492. The topological polar surface area (TPSA) is 133 Å². The first kappa shape index (κ1) is 96.1. The molecule has 0 atom stereocenters. The van der Waals surface area contributed by atoms with Gasteiger partial charge in [-0.1, -0.05) is 104 Å². The van der Waals surface area contributed by atoms with Crippen LogP contribution in [0.1, 0.15) is 123 Å². The Kier molecular flexibility index (Phi) is 42.6. The molecule has 113 heavy (non-hydrogen) atoms. The van der Waals surface area contributed by atoms with Crippen molar-refractivity contribution < 1.29 is 29.3 Å². The summed E-state index contributed by atoms with van der Waals surface area (Å²) in [7, 11) is 36.1. The van der Waals surface area contributed by atoms with Gasteiger partial charge in [0.15, 0.2) is 11.6 Å². The molecule has 16 heteroatoms. The van der Waals surface area contributed by atoms with E-state index in [1.807, 2.05) is 297 Å². The molecule has 608 valence electrons. The summed E-state index contributed by atoms with van der Waals surface area (Å²) in [6.45, 7) is 21.5. The fraction of sp³-hybridized carbons (Fsp3) is 0.351. The first-order chi connectivity index (χ1) is 53.4. The SMILES string of the molecule is CC(=O)c1ccc(N(C)C)cc1.CC(C)CCOC(=O)c1ccc(N(C)C)cc1.CCN(CC)c1ccccc1.CN(C)c1ccc(C(=O)c2ccc(N(C)C)cc2)cc1.CN(C)c1ccc(C(O)c2ccc(N(C)C)cc2)cc1.CN(C)c1ccc(CO)cc1.Cc1cc(C)c(N(C)C)c(C)c1.Cc1ccccc1N(C)C. The predicted octanol–water partition coefficient (Wildman–Crippen LogP) is 19.4. The van der Waals surface area contributed by atoms with E-state index in [9.17, 15) is 19.5 Å². The van der Waals surface area contributed by atoms with Crippen LogP contribution < -0.4 is 49.0 Å². The zero-order valence-corrected chi connectivity index (χ0v) is 73.2. The third-order valence-electron chi connectivity index (χ3n) is 18.3. The Morgan fingerprint density at radius 1 is 0.363 bits per heavy atom. The summed E-state index contributed by atoms with van der Waals surface area (Å²) < 4.78 is 5.19. The highest BCUT2D eigenvalue weighted by Gasteiger charge is 2.14. The molecule has 0 amide bonds. The molecule has 0 unspecified atom stereocenters. The number of hydrogen-bond donors (Lipinski definition) is 2. The molecule has 2 N–H and O–H groups in total. The van der Waals surface area contributed by atoms with Crippen molar-refractivity contribution in [1.82, 2.24) is 0 Å². The molecule has 0 radical (unpaired) electrons. The van der Waals surface area contributed by atoms with E-state index in [0.717, 1.165) is 81.6 Å². The number of ether oxygens (including phenoxy) is 1. The molecule has 0 aliphatic rings. The smallest absolute Gasteiger partial charge is 0.338 e. The number of para-hydroxylation sites is 2. The second kappa shape index (κ2) is 50.0. The fourth-order valence-corrected chi connectivity index (χ4v) is 11.5. The lowest BCUT2D eigenvalue weighted by molar-refractivity contribution is 0.0487. The van der Waals surface area contributed by atoms with Crippen LogP contribution >= 0.6 is 0 Å². The largest absolute Gasteiger partial charge is 0.462 e. The number of hydrogen-bond acceptors (Lipinski definition) is 16. The van der Waals surface area contributed by atoms with Crippen molar-refractivity contribution in [2.24, 2.45) is 5.92 Å². The van der Waals surface area contributed by atoms with Crippen LogP contribution in [-0.4, -0.2) is 174 Å². The van der Waals surface area contributed by atoms with E-state index in [-0.39, 0.29) is 24.1 Å². The van der Waals surface area contributed by atoms with E-state index in [1.54, 1.807) is 19.1 Å². The Labute approximate surface area is 680 Å². The number of carbonyl (C=O) groups is 3. The number of carbonyl (C=O) groups excluding carboxylic acids is 3. The molecular formula is C97H134N10O6. The molecule has 0 fully saturated rings. The molecule has 10 rings (SSSR count). The van der Waals surface area contributed by atoms with E-state index < -0.39 is 6.10 Å². The lowest BCUT2D eigenvalue weighted by Gasteiger charge is -2.20. The third kappa shape index (κ3) is 34.2. The molecule has 10 aromatic carbocycles. The molecule has 16 nitrogen and oxygen atoms in total. The summed E-state index contributed by atoms with van der Waals surface area (Å²) in [5.41, 5.74) is 22.7. The van der Waals surface area contributed by atoms with Gasteiger partial charge < -0.3 is 63.9 Å². The van der Waals surface area contributed by atoms with Crippen LogP contribution in [0.25, 0.3) is 0 Å². The summed E-state index contributed by atoms with van der Waals surface area (Å²) in [5.74, 6) is 0.482. The van der Waals surface area contributed by atoms with Crippen LogP contribution in [0.2, 0.25) is 0 Å². The minimum absolute atomic E-state index is 0.0561. The highest BCUT2D eigenvalue weighted by Crippen LogP contribution is 2.28. The number of benzene rings is 10. The third-order valence-corrected chi connectivity index (χ3v) is 18.3. The number of nitrogens with zero attached hydrogens (tertiary/aromatic N) is 10. The monoisotopic (exact) mass is 1540 g/mol. The zero-order chi connectivity index (χ0) is 84.6. The Hall–Kier alpha value is -11.1. The standard InChI is InChI=1S/C17H22N2O.C17H20N2O.C14H21NO2.C11H17N.C10H13NO.C10H15N.C9H13NO.C9H13N/c2*1-18(2)15-9-5-13(6-10-15)17(20)14-7-11-16(12-8-14)19(3)4;1-11(2)9-10-17-14(16)12-5-7-13(8-6-12)15(3)4;1-8-6-9(2)11(12(4)5)10(3)7-8;1-8(12)9-4-6-10(7-5-9)11(2)3;1-3-11(4-2)10-8-6-5-7-9-10;1-10(2)9-5-3-8(7-11)4-6-9;1-8-6-4-5-7-9(8)10(2)3/h5-12,17,20H,1-4H3;5-12H,1-4H3;5-8,11H,9-10H2,1-4H3;6-7H,1-5H3;4-7H,1-3H3;5-9H,3-4H2,1-2H3;3-6,11H,7H2,1-2H3;4-7H,1-3H3. The summed E-state index contributed by atoms with van der Waals surface area (Å²) in [5, 5.41) is 19.2. The first-order valence-electron chi connectivity index (χ1n) is 38.6. The number of esters is 1. The Balaban J connectivity index is 0.000000339. The van der Waals surface area contributed by atoms with E-state index in [0.29, 0.717) is 29.2 Å². The highest BCUT2D eigenvalue weighted by atomic mass is 16.5. The van der Waals surface area contributed by atoms with Crippen LogP contribution in [0.15, 0.2) is 237 Å². The summed E-state index contributed by atoms with van der Waals surface area (Å²) in [6, 6.07) is 77.4. The van der Waals surface area contributed by atoms with Gasteiger partial charge >= 0.3 is 5.97 Å². The minimum Gasteiger partial charge on any atom is -0.462 e. The number of aliphatic hydroxyl groups excluding tert-OH is 2. The maximum absolute atomic E-state index is 12.4. The molecule has 0 spiro atoms. The van der Waals surface area contributed by atoms with E-state index in [2.05, 4.69) is 159 Å². The predicted molar refractivity (Wildman–Crippen MR) is 489 cm³/mol. The van der Waals surface area contributed by atoms with Crippen molar-refractivity contribution in [2.45, 2.75) is 81.4 Å². The van der Waals surface area contributed by atoms with Crippen LogP contribution in [0, 0.1) is 33.6 Å². The lowest BCUT2D eigenvalue weighted by Crippen LogP contribution is -2.21. The van der Waals surface area contributed by atoms with E-state index in [1.165, 1.54) is 39.3 Å². The Morgan fingerprint density at radius 3 is 0.973 bits per heavy atom. The Bertz CT molecular complexity index is 4180. The van der Waals surface area contributed by atoms with Gasteiger partial charge in [-0.2, -0.15) is 0 Å². The summed E-state index contributed by atoms with van der Waals surface area (Å²) in [6.07, 6.45) is 0.323. The molecule has 0 heterocycles. The van der Waals surface area contributed by atoms with Gasteiger partial charge in [-0.3, -0.25) is 9.59 Å². The minimum atomic E-state index is -0.581.